The maximum absolute atomic E-state index is 14.6. The van der Waals surface area contributed by atoms with E-state index < -0.39 is 35.6 Å². The molecule has 0 bridgehead atoms. The van der Waals surface area contributed by atoms with Crippen LogP contribution in [0.3, 0.4) is 0 Å². The van der Waals surface area contributed by atoms with Gasteiger partial charge in [-0.15, -0.1) is 0 Å². The third kappa shape index (κ3) is 3.08. The molecule has 0 radical (unpaired) electrons. The molecule has 0 aromatic heterocycles. The van der Waals surface area contributed by atoms with Crippen LogP contribution < -0.4 is 11.2 Å². The van der Waals surface area contributed by atoms with Crippen molar-refractivity contribution in [2.24, 2.45) is 5.73 Å². The van der Waals surface area contributed by atoms with Gasteiger partial charge in [0.2, 0.25) is 0 Å². The lowest BCUT2D eigenvalue weighted by Gasteiger charge is -2.32. The smallest absolute Gasteiger partial charge is 0.464 e. The number of rotatable bonds is 4. The van der Waals surface area contributed by atoms with Gasteiger partial charge in [0, 0.05) is 5.46 Å². The largest absolute Gasteiger partial charge is 0.498 e. The Bertz CT molecular complexity index is 629. The van der Waals surface area contributed by atoms with Gasteiger partial charge in [-0.05, 0) is 53.2 Å². The van der Waals surface area contributed by atoms with E-state index in [0.29, 0.717) is 5.56 Å². The molecule has 1 unspecified atom stereocenters. The highest BCUT2D eigenvalue weighted by Gasteiger charge is 2.54. The lowest BCUT2D eigenvalue weighted by Crippen LogP contribution is -2.51. The van der Waals surface area contributed by atoms with E-state index in [4.69, 9.17) is 19.8 Å². The first-order valence-electron chi connectivity index (χ1n) is 8.04. The van der Waals surface area contributed by atoms with E-state index in [1.54, 1.807) is 13.0 Å². The molecule has 1 saturated heterocycles. The highest BCUT2D eigenvalue weighted by molar-refractivity contribution is 6.63. The Morgan fingerprint density at radius 1 is 1.29 bits per heavy atom. The summed E-state index contributed by atoms with van der Waals surface area (Å²) in [6.45, 7) is 10.9. The zero-order valence-electron chi connectivity index (χ0n) is 15.1. The van der Waals surface area contributed by atoms with Crippen LogP contribution in [-0.2, 0) is 24.4 Å². The fraction of sp³-hybridized carbons (Fsp3) is 0.588. The van der Waals surface area contributed by atoms with Crippen molar-refractivity contribution in [3.05, 3.63) is 29.6 Å². The lowest BCUT2D eigenvalue weighted by atomic mass is 9.71. The molecule has 0 amide bonds. The predicted octanol–water partition coefficient (Wildman–Crippen LogP) is 1.86. The van der Waals surface area contributed by atoms with E-state index in [2.05, 4.69) is 0 Å². The van der Waals surface area contributed by atoms with Gasteiger partial charge >= 0.3 is 13.1 Å². The first kappa shape index (κ1) is 18.9. The molecule has 0 spiro atoms. The molecule has 0 aliphatic carbocycles. The summed E-state index contributed by atoms with van der Waals surface area (Å²) < 4.78 is 31.5. The molecule has 1 atom stereocenters. The highest BCUT2D eigenvalue weighted by atomic mass is 19.1. The molecule has 1 aromatic carbocycles. The number of nitrogens with two attached hydrogens (primary N) is 1. The Balaban J connectivity index is 2.52. The number of hydrogen-bond donors (Lipinski definition) is 1. The van der Waals surface area contributed by atoms with Crippen molar-refractivity contribution < 1.29 is 23.2 Å². The number of ether oxygens (including phenoxy) is 1. The third-order valence-corrected chi connectivity index (χ3v) is 4.80. The molecular formula is C17H25BFNO4. The first-order chi connectivity index (χ1) is 10.9. The normalized spacial score (nSPS) is 21.4. The second-order valence-electron chi connectivity index (χ2n) is 7.21. The van der Waals surface area contributed by atoms with E-state index in [0.717, 1.165) is 0 Å². The van der Waals surface area contributed by atoms with Gasteiger partial charge in [0.15, 0.2) is 0 Å². The third-order valence-electron chi connectivity index (χ3n) is 4.80. The number of hydrogen-bond acceptors (Lipinski definition) is 5. The number of halogens is 1. The number of carbonyl (C=O) groups is 1. The van der Waals surface area contributed by atoms with Gasteiger partial charge in [0.1, 0.15) is 11.4 Å². The molecule has 1 fully saturated rings. The van der Waals surface area contributed by atoms with E-state index in [-0.39, 0.29) is 12.1 Å². The van der Waals surface area contributed by atoms with Crippen LogP contribution in [0.1, 0.15) is 47.1 Å². The van der Waals surface area contributed by atoms with Crippen LogP contribution in [0.5, 0.6) is 0 Å². The molecule has 1 heterocycles. The van der Waals surface area contributed by atoms with Crippen LogP contribution >= 0.6 is 0 Å². The summed E-state index contributed by atoms with van der Waals surface area (Å²) >= 11 is 0. The van der Waals surface area contributed by atoms with Crippen molar-refractivity contribution >= 4 is 18.6 Å². The lowest BCUT2D eigenvalue weighted by molar-refractivity contribution is -0.149. The molecule has 24 heavy (non-hydrogen) atoms. The molecule has 1 aliphatic heterocycles. The average Bonchev–Trinajstić information content (AvgIpc) is 2.67. The summed E-state index contributed by atoms with van der Waals surface area (Å²) in [5.74, 6) is -1.17. The topological polar surface area (TPSA) is 70.8 Å². The molecule has 0 saturated carbocycles. The van der Waals surface area contributed by atoms with Crippen molar-refractivity contribution in [3.8, 4) is 0 Å². The van der Waals surface area contributed by atoms with Crippen LogP contribution in [0.4, 0.5) is 4.39 Å². The van der Waals surface area contributed by atoms with Crippen LogP contribution in [0.2, 0.25) is 0 Å². The summed E-state index contributed by atoms with van der Waals surface area (Å²) in [7, 11) is -0.955. The van der Waals surface area contributed by atoms with Crippen LogP contribution in [-0.4, -0.2) is 30.9 Å². The minimum Gasteiger partial charge on any atom is -0.464 e. The molecule has 2 rings (SSSR count). The van der Waals surface area contributed by atoms with Crippen molar-refractivity contribution in [3.63, 3.8) is 0 Å². The van der Waals surface area contributed by atoms with Crippen molar-refractivity contribution in [1.29, 1.82) is 0 Å². The van der Waals surface area contributed by atoms with Gasteiger partial charge in [-0.2, -0.15) is 0 Å². The average molecular weight is 337 g/mol. The Kier molecular flexibility index (Phi) is 4.83. The van der Waals surface area contributed by atoms with Gasteiger partial charge in [-0.1, -0.05) is 12.1 Å². The fourth-order valence-corrected chi connectivity index (χ4v) is 2.58. The Morgan fingerprint density at radius 2 is 1.83 bits per heavy atom. The predicted molar refractivity (Wildman–Crippen MR) is 90.3 cm³/mol. The van der Waals surface area contributed by atoms with E-state index in [1.165, 1.54) is 19.1 Å². The number of esters is 1. The second kappa shape index (κ2) is 6.13. The highest BCUT2D eigenvalue weighted by Crippen LogP contribution is 2.37. The van der Waals surface area contributed by atoms with Crippen molar-refractivity contribution in [2.45, 2.75) is 58.3 Å². The summed E-state index contributed by atoms with van der Waals surface area (Å²) in [5.41, 5.74) is 3.83. The number of benzene rings is 1. The first-order valence-corrected chi connectivity index (χ1v) is 8.04. The standard InChI is InChI=1S/C17H25BFNO4/c1-7-22-14(21)17(6,20)11-9-8-10-12(19)13(11)18-23-15(2,3)16(4,5)24-18/h8-10H,7,20H2,1-6H3. The molecule has 7 heteroatoms. The Hall–Kier alpha value is -1.44. The maximum Gasteiger partial charge on any atom is 0.498 e. The van der Waals surface area contributed by atoms with E-state index in [1.807, 2.05) is 27.7 Å². The SMILES string of the molecule is CCOC(=O)C(C)(N)c1cccc(F)c1B1OC(C)(C)C(C)(C)O1. The minimum absolute atomic E-state index is 0.134. The molecule has 5 nitrogen and oxygen atoms in total. The van der Waals surface area contributed by atoms with Crippen molar-refractivity contribution in [2.75, 3.05) is 6.61 Å². The van der Waals surface area contributed by atoms with Crippen LogP contribution in [0.15, 0.2) is 18.2 Å². The summed E-state index contributed by atoms with van der Waals surface area (Å²) in [4.78, 5) is 12.2. The molecule has 1 aliphatic rings. The van der Waals surface area contributed by atoms with Crippen LogP contribution in [0.25, 0.3) is 0 Å². The van der Waals surface area contributed by atoms with E-state index in [9.17, 15) is 9.18 Å². The molecule has 132 valence electrons. The van der Waals surface area contributed by atoms with Gasteiger partial charge in [0.05, 0.1) is 17.8 Å². The van der Waals surface area contributed by atoms with Gasteiger partial charge in [-0.25, -0.2) is 9.18 Å². The summed E-state index contributed by atoms with van der Waals surface area (Å²) in [6.07, 6.45) is 0. The zero-order chi connectivity index (χ0) is 18.3. The Labute approximate surface area is 142 Å². The van der Waals surface area contributed by atoms with Gasteiger partial charge in [-0.3, -0.25) is 0 Å². The monoisotopic (exact) mass is 337 g/mol. The second-order valence-corrected chi connectivity index (χ2v) is 7.21. The van der Waals surface area contributed by atoms with E-state index >= 15 is 0 Å². The van der Waals surface area contributed by atoms with Gasteiger partial charge in [0.25, 0.3) is 0 Å². The number of carbonyl (C=O) groups excluding carboxylic acids is 1. The molecule has 1 aromatic rings. The van der Waals surface area contributed by atoms with Crippen molar-refractivity contribution in [1.82, 2.24) is 0 Å². The minimum atomic E-state index is -1.52. The van der Waals surface area contributed by atoms with Gasteiger partial charge < -0.3 is 19.8 Å². The fourth-order valence-electron chi connectivity index (χ4n) is 2.58. The quantitative estimate of drug-likeness (QED) is 0.671. The van der Waals surface area contributed by atoms with Crippen LogP contribution in [0, 0.1) is 5.82 Å². The maximum atomic E-state index is 14.6. The Morgan fingerprint density at radius 3 is 2.33 bits per heavy atom. The summed E-state index contributed by atoms with van der Waals surface area (Å²) in [5, 5.41) is 0. The molecular weight excluding hydrogens is 312 g/mol. The summed E-state index contributed by atoms with van der Waals surface area (Å²) in [6, 6.07) is 4.40. The molecule has 2 N–H and O–H groups in total. The zero-order valence-corrected chi connectivity index (χ0v) is 15.1.